The first kappa shape index (κ1) is 11.8. The summed E-state index contributed by atoms with van der Waals surface area (Å²) in [5.74, 6) is -0.997. The third kappa shape index (κ3) is 2.39. The van der Waals surface area contributed by atoms with Crippen LogP contribution in [0.1, 0.15) is 23.3 Å². The number of hydrogen-bond donors (Lipinski definition) is 3. The number of hydrogen-bond acceptors (Lipinski definition) is 3. The molecule has 4 heteroatoms. The molecule has 1 rings (SSSR count). The van der Waals surface area contributed by atoms with Crippen LogP contribution in [0.5, 0.6) is 5.75 Å². The second-order valence-electron chi connectivity index (χ2n) is 2.28. The fourth-order valence-corrected chi connectivity index (χ4v) is 1.15. The van der Waals surface area contributed by atoms with E-state index in [-0.39, 0.29) is 18.7 Å². The van der Waals surface area contributed by atoms with Crippen LogP contribution in [0, 0.1) is 0 Å². The van der Waals surface area contributed by atoms with Crippen LogP contribution in [0.15, 0.2) is 18.2 Å². The summed E-state index contributed by atoms with van der Waals surface area (Å²) in [4.78, 5) is 10.5. The highest BCUT2D eigenvalue weighted by Gasteiger charge is 2.11. The van der Waals surface area contributed by atoms with E-state index in [1.807, 2.05) is 0 Å². The molecular formula is C9H12O3S. The summed E-state index contributed by atoms with van der Waals surface area (Å²) in [6.07, 6.45) is 0. The molecule has 0 aromatic heterocycles. The Morgan fingerprint density at radius 1 is 1.46 bits per heavy atom. The molecule has 3 nitrogen and oxygen atoms in total. The molecule has 0 unspecified atom stereocenters. The van der Waals surface area contributed by atoms with Crippen molar-refractivity contribution in [3.63, 3.8) is 0 Å². The fraction of sp³-hybridized carbons (Fsp3) is 0.222. The summed E-state index contributed by atoms with van der Waals surface area (Å²) < 4.78 is 0. The molecule has 72 valence electrons. The minimum absolute atomic E-state index is 0. The van der Waals surface area contributed by atoms with E-state index in [1.165, 1.54) is 6.07 Å². The molecule has 0 aliphatic carbocycles. The van der Waals surface area contributed by atoms with Crippen LogP contribution in [-0.2, 0) is 5.75 Å². The van der Waals surface area contributed by atoms with E-state index in [1.54, 1.807) is 12.1 Å². The summed E-state index contributed by atoms with van der Waals surface area (Å²) in [5.41, 5.74) is 0.444. The number of aromatic hydroxyl groups is 1. The van der Waals surface area contributed by atoms with Crippen LogP contribution in [-0.4, -0.2) is 16.2 Å². The van der Waals surface area contributed by atoms with Crippen LogP contribution in [0.3, 0.4) is 0 Å². The molecule has 0 aliphatic heterocycles. The number of carboxylic acids is 1. The molecule has 0 aliphatic rings. The number of aromatic carboxylic acids is 1. The Morgan fingerprint density at radius 3 is 2.54 bits per heavy atom. The van der Waals surface area contributed by atoms with Gasteiger partial charge in [0.05, 0.1) is 0 Å². The normalized spacial score (nSPS) is 9.00. The van der Waals surface area contributed by atoms with Crippen molar-refractivity contribution in [2.75, 3.05) is 0 Å². The van der Waals surface area contributed by atoms with Crippen molar-refractivity contribution in [3.8, 4) is 5.75 Å². The summed E-state index contributed by atoms with van der Waals surface area (Å²) >= 11 is 3.94. The van der Waals surface area contributed by atoms with Gasteiger partial charge in [-0.2, -0.15) is 12.6 Å². The van der Waals surface area contributed by atoms with Gasteiger partial charge in [-0.3, -0.25) is 0 Å². The minimum Gasteiger partial charge on any atom is -0.507 e. The van der Waals surface area contributed by atoms with Gasteiger partial charge in [-0.15, -0.1) is 0 Å². The van der Waals surface area contributed by atoms with Crippen LogP contribution in [0.25, 0.3) is 0 Å². The Labute approximate surface area is 82.4 Å². The molecule has 0 heterocycles. The average Bonchev–Trinajstić information content (AvgIpc) is 2.04. The summed E-state index contributed by atoms with van der Waals surface area (Å²) in [5, 5.41) is 17.9. The molecule has 2 N–H and O–H groups in total. The van der Waals surface area contributed by atoms with Crippen molar-refractivity contribution in [1.29, 1.82) is 0 Å². The van der Waals surface area contributed by atoms with Crippen LogP contribution in [0.2, 0.25) is 0 Å². The van der Waals surface area contributed by atoms with E-state index in [2.05, 4.69) is 12.6 Å². The Balaban J connectivity index is 0.00000144. The number of rotatable bonds is 2. The summed E-state index contributed by atoms with van der Waals surface area (Å²) in [7, 11) is 0. The Morgan fingerprint density at radius 2 is 2.08 bits per heavy atom. The maximum atomic E-state index is 10.5. The summed E-state index contributed by atoms with van der Waals surface area (Å²) in [6.45, 7) is 0. The van der Waals surface area contributed by atoms with Gasteiger partial charge in [0.25, 0.3) is 0 Å². The minimum atomic E-state index is -1.13. The van der Waals surface area contributed by atoms with Crippen molar-refractivity contribution >= 4 is 18.6 Å². The number of para-hydroxylation sites is 1. The number of thiol groups is 1. The van der Waals surface area contributed by atoms with Crippen LogP contribution in [0.4, 0.5) is 0 Å². The molecule has 0 atom stereocenters. The van der Waals surface area contributed by atoms with Gasteiger partial charge >= 0.3 is 5.97 Å². The number of carboxylic acid groups (broad SMARTS) is 1. The summed E-state index contributed by atoms with van der Waals surface area (Å²) in [6, 6.07) is 4.56. The quantitative estimate of drug-likeness (QED) is 0.641. The van der Waals surface area contributed by atoms with Crippen molar-refractivity contribution in [2.45, 2.75) is 13.2 Å². The maximum Gasteiger partial charge on any atom is 0.339 e. The van der Waals surface area contributed by atoms with E-state index < -0.39 is 5.97 Å². The van der Waals surface area contributed by atoms with Crippen molar-refractivity contribution in [2.24, 2.45) is 0 Å². The molecule has 13 heavy (non-hydrogen) atoms. The van der Waals surface area contributed by atoms with E-state index in [9.17, 15) is 9.90 Å². The van der Waals surface area contributed by atoms with Gasteiger partial charge in [0, 0.05) is 11.3 Å². The Kier molecular flexibility index (Phi) is 4.34. The number of phenols is 1. The zero-order valence-electron chi connectivity index (χ0n) is 6.19. The highest BCUT2D eigenvalue weighted by atomic mass is 32.1. The lowest BCUT2D eigenvalue weighted by Crippen LogP contribution is -1.97. The lowest BCUT2D eigenvalue weighted by molar-refractivity contribution is 0.0693. The molecule has 0 saturated carbocycles. The Bertz CT molecular complexity index is 310. The predicted molar refractivity (Wildman–Crippen MR) is 54.5 cm³/mol. The van der Waals surface area contributed by atoms with Gasteiger partial charge in [-0.25, -0.2) is 4.79 Å². The largest absolute Gasteiger partial charge is 0.507 e. The molecule has 0 bridgehead atoms. The molecule has 0 amide bonds. The standard InChI is InChI=1S/C8H8O3S.CH4/c9-7-5(4-12)2-1-3-6(7)8(10)11;/h1-3,9,12H,4H2,(H,10,11);1H4. The van der Waals surface area contributed by atoms with E-state index in [4.69, 9.17) is 5.11 Å². The van der Waals surface area contributed by atoms with E-state index >= 15 is 0 Å². The van der Waals surface area contributed by atoms with Crippen LogP contribution >= 0.6 is 12.6 Å². The van der Waals surface area contributed by atoms with Crippen molar-refractivity contribution in [1.82, 2.24) is 0 Å². The zero-order valence-corrected chi connectivity index (χ0v) is 7.08. The second-order valence-corrected chi connectivity index (χ2v) is 2.59. The highest BCUT2D eigenvalue weighted by Crippen LogP contribution is 2.23. The predicted octanol–water partition coefficient (Wildman–Crippen LogP) is 2.16. The molecule has 1 aromatic rings. The number of carbonyl (C=O) groups is 1. The van der Waals surface area contributed by atoms with E-state index in [0.29, 0.717) is 11.3 Å². The second kappa shape index (κ2) is 4.77. The topological polar surface area (TPSA) is 57.5 Å². The van der Waals surface area contributed by atoms with Gasteiger partial charge in [0.1, 0.15) is 11.3 Å². The smallest absolute Gasteiger partial charge is 0.339 e. The first-order valence-electron chi connectivity index (χ1n) is 3.32. The lowest BCUT2D eigenvalue weighted by atomic mass is 10.1. The molecular weight excluding hydrogens is 188 g/mol. The molecule has 0 radical (unpaired) electrons. The third-order valence-corrected chi connectivity index (χ3v) is 1.86. The van der Waals surface area contributed by atoms with Gasteiger partial charge in [-0.1, -0.05) is 19.6 Å². The first-order valence-corrected chi connectivity index (χ1v) is 3.95. The zero-order chi connectivity index (χ0) is 9.14. The van der Waals surface area contributed by atoms with Gasteiger partial charge in [-0.05, 0) is 6.07 Å². The lowest BCUT2D eigenvalue weighted by Gasteiger charge is -2.03. The molecule has 0 fully saturated rings. The SMILES string of the molecule is C.O=C(O)c1cccc(CS)c1O. The monoisotopic (exact) mass is 200 g/mol. The average molecular weight is 200 g/mol. The van der Waals surface area contributed by atoms with Gasteiger partial charge in [0.15, 0.2) is 0 Å². The Hall–Kier alpha value is -1.16. The van der Waals surface area contributed by atoms with Crippen molar-refractivity contribution < 1.29 is 15.0 Å². The fourth-order valence-electron chi connectivity index (χ4n) is 0.892. The molecule has 0 saturated heterocycles. The van der Waals surface area contributed by atoms with Gasteiger partial charge < -0.3 is 10.2 Å². The van der Waals surface area contributed by atoms with E-state index in [0.717, 1.165) is 0 Å². The highest BCUT2D eigenvalue weighted by molar-refractivity contribution is 7.79. The van der Waals surface area contributed by atoms with Gasteiger partial charge in [0.2, 0.25) is 0 Å². The third-order valence-electron chi connectivity index (χ3n) is 1.52. The maximum absolute atomic E-state index is 10.5. The van der Waals surface area contributed by atoms with Crippen LogP contribution < -0.4 is 0 Å². The number of benzene rings is 1. The molecule has 1 aromatic carbocycles. The molecule has 0 spiro atoms. The van der Waals surface area contributed by atoms with Crippen molar-refractivity contribution in [3.05, 3.63) is 29.3 Å². The first-order chi connectivity index (χ1) is 5.66.